The van der Waals surface area contributed by atoms with Gasteiger partial charge in [0.1, 0.15) is 17.3 Å². The number of H-pyrrole nitrogens is 2. The van der Waals surface area contributed by atoms with Crippen LogP contribution in [-0.4, -0.2) is 9.97 Å². The highest BCUT2D eigenvalue weighted by atomic mass is 32.1. The molecule has 0 bridgehead atoms. The van der Waals surface area contributed by atoms with Crippen LogP contribution in [-0.2, 0) is 6.42 Å². The second kappa shape index (κ2) is 6.58. The summed E-state index contributed by atoms with van der Waals surface area (Å²) < 4.78 is 18.9. The first kappa shape index (κ1) is 15.2. The van der Waals surface area contributed by atoms with E-state index in [9.17, 15) is 9.18 Å². The first-order chi connectivity index (χ1) is 11.1. The number of nitrogens with one attached hydrogen (secondary N) is 2. The van der Waals surface area contributed by atoms with Crippen LogP contribution in [0.5, 0.6) is 11.5 Å². The lowest BCUT2D eigenvalue weighted by atomic mass is 10.1. The normalized spacial score (nSPS) is 10.5. The standard InChI is InChI=1S/C17H13FN2O2S/c18-13-4-6-14(7-5-13)22-15-3-1-2-11(9-15)8-12-10-19-17(23)20-16(12)21/h1-7,9-10H,8H2,(H2,19,20,21,23). The number of aromatic amines is 2. The second-order valence-corrected chi connectivity index (χ2v) is 5.39. The van der Waals surface area contributed by atoms with Gasteiger partial charge < -0.3 is 9.72 Å². The molecule has 3 rings (SSSR count). The average Bonchev–Trinajstić information content (AvgIpc) is 2.53. The van der Waals surface area contributed by atoms with Gasteiger partial charge in [0.25, 0.3) is 5.56 Å². The highest BCUT2D eigenvalue weighted by Crippen LogP contribution is 2.23. The first-order valence-electron chi connectivity index (χ1n) is 6.93. The number of ether oxygens (including phenoxy) is 1. The van der Waals surface area contributed by atoms with E-state index in [0.29, 0.717) is 28.3 Å². The lowest BCUT2D eigenvalue weighted by Crippen LogP contribution is -2.13. The Balaban J connectivity index is 1.80. The molecule has 23 heavy (non-hydrogen) atoms. The van der Waals surface area contributed by atoms with Crippen molar-refractivity contribution in [1.29, 1.82) is 0 Å². The van der Waals surface area contributed by atoms with Crippen LogP contribution in [0.1, 0.15) is 11.1 Å². The lowest BCUT2D eigenvalue weighted by molar-refractivity contribution is 0.480. The Labute approximate surface area is 136 Å². The Morgan fingerprint density at radius 2 is 1.87 bits per heavy atom. The van der Waals surface area contributed by atoms with E-state index in [4.69, 9.17) is 17.0 Å². The number of aromatic nitrogens is 2. The summed E-state index contributed by atoms with van der Waals surface area (Å²) in [6.07, 6.45) is 2.05. The van der Waals surface area contributed by atoms with Gasteiger partial charge in [-0.2, -0.15) is 0 Å². The van der Waals surface area contributed by atoms with E-state index in [-0.39, 0.29) is 11.4 Å². The summed E-state index contributed by atoms with van der Waals surface area (Å²) >= 11 is 4.87. The molecule has 0 fully saturated rings. The van der Waals surface area contributed by atoms with Crippen LogP contribution in [0.3, 0.4) is 0 Å². The molecular weight excluding hydrogens is 315 g/mol. The summed E-state index contributed by atoms with van der Waals surface area (Å²) in [7, 11) is 0. The quantitative estimate of drug-likeness (QED) is 0.713. The van der Waals surface area contributed by atoms with Gasteiger partial charge in [0.15, 0.2) is 4.77 Å². The molecule has 0 saturated heterocycles. The van der Waals surface area contributed by atoms with Gasteiger partial charge in [0, 0.05) is 18.2 Å². The third-order valence-electron chi connectivity index (χ3n) is 3.24. The molecule has 0 aliphatic rings. The van der Waals surface area contributed by atoms with Crippen molar-refractivity contribution in [2.45, 2.75) is 6.42 Å². The molecule has 0 spiro atoms. The van der Waals surface area contributed by atoms with E-state index >= 15 is 0 Å². The molecule has 3 aromatic rings. The van der Waals surface area contributed by atoms with Crippen LogP contribution in [0.2, 0.25) is 0 Å². The number of benzene rings is 2. The van der Waals surface area contributed by atoms with Crippen molar-refractivity contribution in [3.8, 4) is 11.5 Å². The summed E-state index contributed by atoms with van der Waals surface area (Å²) in [6.45, 7) is 0. The molecule has 0 atom stereocenters. The maximum absolute atomic E-state index is 12.9. The van der Waals surface area contributed by atoms with Crippen molar-refractivity contribution >= 4 is 12.2 Å². The van der Waals surface area contributed by atoms with Crippen LogP contribution in [0.25, 0.3) is 0 Å². The third kappa shape index (κ3) is 3.92. The maximum atomic E-state index is 12.9. The predicted octanol–water partition coefficient (Wildman–Crippen LogP) is 3.95. The molecule has 2 aromatic carbocycles. The molecule has 0 unspecified atom stereocenters. The maximum Gasteiger partial charge on any atom is 0.255 e. The average molecular weight is 328 g/mol. The molecule has 0 aliphatic heterocycles. The monoisotopic (exact) mass is 328 g/mol. The topological polar surface area (TPSA) is 57.9 Å². The van der Waals surface area contributed by atoms with E-state index in [1.54, 1.807) is 24.4 Å². The van der Waals surface area contributed by atoms with Crippen LogP contribution in [0.4, 0.5) is 4.39 Å². The zero-order valence-corrected chi connectivity index (χ0v) is 12.8. The Hall–Kier alpha value is -2.73. The van der Waals surface area contributed by atoms with Crippen molar-refractivity contribution < 1.29 is 9.13 Å². The van der Waals surface area contributed by atoms with Crippen LogP contribution in [0, 0.1) is 10.6 Å². The van der Waals surface area contributed by atoms with Gasteiger partial charge in [0.05, 0.1) is 0 Å². The van der Waals surface area contributed by atoms with Crippen molar-refractivity contribution in [3.05, 3.63) is 86.8 Å². The summed E-state index contributed by atoms with van der Waals surface area (Å²) in [6, 6.07) is 13.2. The molecule has 116 valence electrons. The van der Waals surface area contributed by atoms with E-state index in [0.717, 1.165) is 5.56 Å². The molecule has 6 heteroatoms. The van der Waals surface area contributed by atoms with Crippen LogP contribution in [0.15, 0.2) is 59.5 Å². The Bertz CT molecular complexity index is 932. The molecule has 0 radical (unpaired) electrons. The summed E-state index contributed by atoms with van der Waals surface area (Å²) in [4.78, 5) is 17.2. The molecule has 1 heterocycles. The van der Waals surface area contributed by atoms with Crippen LogP contribution < -0.4 is 10.3 Å². The largest absolute Gasteiger partial charge is 0.457 e. The lowest BCUT2D eigenvalue weighted by Gasteiger charge is -2.07. The summed E-state index contributed by atoms with van der Waals surface area (Å²) in [5.74, 6) is 0.853. The summed E-state index contributed by atoms with van der Waals surface area (Å²) in [5, 5.41) is 0. The fraction of sp³-hybridized carbons (Fsp3) is 0.0588. The van der Waals surface area contributed by atoms with Crippen molar-refractivity contribution in [1.82, 2.24) is 9.97 Å². The Kier molecular flexibility index (Phi) is 4.34. The fourth-order valence-corrected chi connectivity index (χ4v) is 2.30. The van der Waals surface area contributed by atoms with E-state index in [1.807, 2.05) is 18.2 Å². The van der Waals surface area contributed by atoms with E-state index in [2.05, 4.69) is 9.97 Å². The van der Waals surface area contributed by atoms with Gasteiger partial charge in [-0.3, -0.25) is 9.78 Å². The zero-order chi connectivity index (χ0) is 16.2. The smallest absolute Gasteiger partial charge is 0.255 e. The van der Waals surface area contributed by atoms with Gasteiger partial charge in [-0.1, -0.05) is 12.1 Å². The molecule has 1 aromatic heterocycles. The molecule has 0 aliphatic carbocycles. The highest BCUT2D eigenvalue weighted by Gasteiger charge is 2.04. The van der Waals surface area contributed by atoms with E-state index in [1.165, 1.54) is 12.1 Å². The van der Waals surface area contributed by atoms with Gasteiger partial charge in [0.2, 0.25) is 0 Å². The number of hydrogen-bond acceptors (Lipinski definition) is 3. The van der Waals surface area contributed by atoms with Crippen molar-refractivity contribution in [2.75, 3.05) is 0 Å². The highest BCUT2D eigenvalue weighted by molar-refractivity contribution is 7.71. The molecule has 4 nitrogen and oxygen atoms in total. The number of halogens is 1. The molecular formula is C17H13FN2O2S. The minimum atomic E-state index is -0.313. The van der Waals surface area contributed by atoms with Crippen molar-refractivity contribution in [2.24, 2.45) is 0 Å². The predicted molar refractivity (Wildman–Crippen MR) is 88.0 cm³/mol. The zero-order valence-electron chi connectivity index (χ0n) is 12.0. The second-order valence-electron chi connectivity index (χ2n) is 4.98. The van der Waals surface area contributed by atoms with Gasteiger partial charge in [-0.25, -0.2) is 4.39 Å². The number of hydrogen-bond donors (Lipinski definition) is 2. The Morgan fingerprint density at radius 3 is 2.61 bits per heavy atom. The Morgan fingerprint density at radius 1 is 1.09 bits per heavy atom. The number of rotatable bonds is 4. The third-order valence-corrected chi connectivity index (χ3v) is 3.46. The first-order valence-corrected chi connectivity index (χ1v) is 7.34. The van der Waals surface area contributed by atoms with Gasteiger partial charge in [-0.15, -0.1) is 0 Å². The van der Waals surface area contributed by atoms with E-state index < -0.39 is 0 Å². The van der Waals surface area contributed by atoms with Gasteiger partial charge >= 0.3 is 0 Å². The van der Waals surface area contributed by atoms with Crippen LogP contribution >= 0.6 is 12.2 Å². The van der Waals surface area contributed by atoms with Gasteiger partial charge in [-0.05, 0) is 54.2 Å². The van der Waals surface area contributed by atoms with Crippen molar-refractivity contribution in [3.63, 3.8) is 0 Å². The fourth-order valence-electron chi connectivity index (χ4n) is 2.15. The molecule has 0 saturated carbocycles. The minimum Gasteiger partial charge on any atom is -0.457 e. The molecule has 0 amide bonds. The SMILES string of the molecule is O=c1[nH]c(=S)[nH]cc1Cc1cccc(Oc2ccc(F)cc2)c1. The molecule has 2 N–H and O–H groups in total. The summed E-state index contributed by atoms with van der Waals surface area (Å²) in [5.41, 5.74) is 1.29. The minimum absolute atomic E-state index is 0.210.